The topological polar surface area (TPSA) is 66.5 Å². The lowest BCUT2D eigenvalue weighted by molar-refractivity contribution is -0.137. The highest BCUT2D eigenvalue weighted by Crippen LogP contribution is 2.33. The van der Waals surface area contributed by atoms with Crippen LogP contribution in [0.3, 0.4) is 0 Å². The van der Waals surface area contributed by atoms with Gasteiger partial charge in [0.15, 0.2) is 0 Å². The molecule has 0 bridgehead atoms. The summed E-state index contributed by atoms with van der Waals surface area (Å²) in [5.74, 6) is -0.0144. The van der Waals surface area contributed by atoms with Crippen LogP contribution in [0, 0.1) is 0 Å². The number of hydrogen-bond acceptors (Lipinski definition) is 3. The lowest BCUT2D eigenvalue weighted by atomic mass is 10.00. The second-order valence-electron chi connectivity index (χ2n) is 7.44. The van der Waals surface area contributed by atoms with Crippen LogP contribution in [0.1, 0.15) is 23.1 Å². The maximum Gasteiger partial charge on any atom is 0.416 e. The maximum atomic E-state index is 12.7. The molecule has 3 aromatic rings. The lowest BCUT2D eigenvalue weighted by Gasteiger charge is -2.30. The predicted octanol–water partition coefficient (Wildman–Crippen LogP) is 4.99. The number of hydrogen-bond donors (Lipinski definition) is 1. The largest absolute Gasteiger partial charge is 0.416 e. The van der Waals surface area contributed by atoms with Gasteiger partial charge in [-0.2, -0.15) is 13.2 Å². The van der Waals surface area contributed by atoms with Crippen molar-refractivity contribution in [3.05, 3.63) is 89.5 Å². The van der Waals surface area contributed by atoms with Crippen molar-refractivity contribution >= 4 is 27.3 Å². The Balaban J connectivity index is 1.57. The summed E-state index contributed by atoms with van der Waals surface area (Å²) in [6, 6.07) is 17.7. The van der Waals surface area contributed by atoms with Crippen molar-refractivity contribution in [3.8, 4) is 0 Å². The second kappa shape index (κ2) is 8.31. The smallest absolute Gasteiger partial charge is 0.308 e. The Hall–Kier alpha value is -3.33. The quantitative estimate of drug-likeness (QED) is 0.584. The molecule has 0 fully saturated rings. The fourth-order valence-electron chi connectivity index (χ4n) is 3.60. The molecule has 1 N–H and O–H groups in total. The first-order valence-corrected chi connectivity index (χ1v) is 11.3. The van der Waals surface area contributed by atoms with E-state index in [0.29, 0.717) is 25.1 Å². The number of carbonyl (C=O) groups excluding carboxylic acids is 1. The molecule has 1 aliphatic rings. The van der Waals surface area contributed by atoms with Crippen LogP contribution >= 0.6 is 0 Å². The van der Waals surface area contributed by atoms with Gasteiger partial charge in [-0.15, -0.1) is 0 Å². The number of nitrogens with zero attached hydrogens (tertiary/aromatic N) is 1. The van der Waals surface area contributed by atoms with Gasteiger partial charge in [-0.3, -0.25) is 9.52 Å². The molecule has 0 unspecified atom stereocenters. The number of carbonyl (C=O) groups is 1. The van der Waals surface area contributed by atoms with E-state index >= 15 is 0 Å². The van der Waals surface area contributed by atoms with Crippen molar-refractivity contribution in [1.82, 2.24) is 0 Å². The van der Waals surface area contributed by atoms with Crippen molar-refractivity contribution < 1.29 is 26.4 Å². The first kappa shape index (κ1) is 21.9. The molecular weight excluding hydrogens is 441 g/mol. The van der Waals surface area contributed by atoms with Gasteiger partial charge in [-0.05, 0) is 60.0 Å². The maximum absolute atomic E-state index is 12.7. The SMILES string of the molecule is O=C1CCc2cc(NS(=O)(=O)c3ccc(C(F)(F)F)cc3)ccc2N1Cc1ccccc1. The van der Waals surface area contributed by atoms with E-state index < -0.39 is 21.8 Å². The third-order valence-corrected chi connectivity index (χ3v) is 6.60. The van der Waals surface area contributed by atoms with Crippen LogP contribution in [0.4, 0.5) is 24.5 Å². The van der Waals surface area contributed by atoms with Crippen molar-refractivity contribution in [1.29, 1.82) is 0 Å². The zero-order valence-corrected chi connectivity index (χ0v) is 17.6. The van der Waals surface area contributed by atoms with Gasteiger partial charge in [0.25, 0.3) is 10.0 Å². The summed E-state index contributed by atoms with van der Waals surface area (Å²) >= 11 is 0. The predicted molar refractivity (Wildman–Crippen MR) is 115 cm³/mol. The van der Waals surface area contributed by atoms with Gasteiger partial charge in [0.2, 0.25) is 5.91 Å². The van der Waals surface area contributed by atoms with Gasteiger partial charge >= 0.3 is 6.18 Å². The summed E-state index contributed by atoms with van der Waals surface area (Å²) in [4.78, 5) is 13.9. The number of nitrogens with one attached hydrogen (secondary N) is 1. The van der Waals surface area contributed by atoms with Gasteiger partial charge in [0, 0.05) is 17.8 Å². The Labute approximate surface area is 183 Å². The number of benzene rings is 3. The molecule has 0 radical (unpaired) electrons. The molecule has 0 saturated carbocycles. The van der Waals surface area contributed by atoms with Crippen LogP contribution in [-0.4, -0.2) is 14.3 Å². The number of anilines is 2. The Bertz CT molecular complexity index is 1240. The van der Waals surface area contributed by atoms with Gasteiger partial charge in [0.1, 0.15) is 0 Å². The number of halogens is 3. The molecule has 166 valence electrons. The van der Waals surface area contributed by atoms with Crippen LogP contribution < -0.4 is 9.62 Å². The fourth-order valence-corrected chi connectivity index (χ4v) is 4.65. The average Bonchev–Trinajstić information content (AvgIpc) is 2.76. The highest BCUT2D eigenvalue weighted by atomic mass is 32.2. The molecule has 1 heterocycles. The number of aryl methyl sites for hydroxylation is 1. The Morgan fingerprint density at radius 3 is 2.25 bits per heavy atom. The lowest BCUT2D eigenvalue weighted by Crippen LogP contribution is -2.34. The number of fused-ring (bicyclic) bond motifs is 1. The van der Waals surface area contributed by atoms with Gasteiger partial charge in [0.05, 0.1) is 17.0 Å². The Kier molecular flexibility index (Phi) is 5.68. The van der Waals surface area contributed by atoms with Gasteiger partial charge < -0.3 is 4.90 Å². The molecule has 0 aromatic heterocycles. The van der Waals surface area contributed by atoms with E-state index in [0.717, 1.165) is 35.4 Å². The minimum atomic E-state index is -4.54. The van der Waals surface area contributed by atoms with E-state index in [4.69, 9.17) is 0 Å². The standard InChI is InChI=1S/C23H19F3N2O3S/c24-23(25,26)18-7-10-20(11-8-18)32(30,31)27-19-9-12-21-17(14-19)6-13-22(29)28(21)15-16-4-2-1-3-5-16/h1-5,7-12,14,27H,6,13,15H2. The van der Waals surface area contributed by atoms with E-state index in [2.05, 4.69) is 4.72 Å². The molecule has 32 heavy (non-hydrogen) atoms. The van der Waals surface area contributed by atoms with Crippen molar-refractivity contribution in [2.45, 2.75) is 30.5 Å². The normalized spacial score (nSPS) is 14.2. The van der Waals surface area contributed by atoms with Crippen molar-refractivity contribution in [3.63, 3.8) is 0 Å². The van der Waals surface area contributed by atoms with Crippen LogP contribution in [-0.2, 0) is 34.0 Å². The van der Waals surface area contributed by atoms with Gasteiger partial charge in [-0.1, -0.05) is 30.3 Å². The molecule has 4 rings (SSSR count). The number of amides is 1. The molecule has 0 atom stereocenters. The second-order valence-corrected chi connectivity index (χ2v) is 9.12. The van der Waals surface area contributed by atoms with E-state index in [-0.39, 0.29) is 16.5 Å². The van der Waals surface area contributed by atoms with Crippen LogP contribution in [0.25, 0.3) is 0 Å². The molecule has 0 saturated heterocycles. The zero-order chi connectivity index (χ0) is 22.9. The molecule has 3 aromatic carbocycles. The molecule has 5 nitrogen and oxygen atoms in total. The molecule has 1 aliphatic heterocycles. The minimum absolute atomic E-state index is 0.0144. The van der Waals surface area contributed by atoms with E-state index in [1.54, 1.807) is 17.0 Å². The molecule has 0 spiro atoms. The number of rotatable bonds is 5. The Morgan fingerprint density at radius 2 is 1.59 bits per heavy atom. The van der Waals surface area contributed by atoms with Gasteiger partial charge in [-0.25, -0.2) is 8.42 Å². The monoisotopic (exact) mass is 460 g/mol. The van der Waals surface area contributed by atoms with E-state index in [1.807, 2.05) is 30.3 Å². The van der Waals surface area contributed by atoms with Crippen LogP contribution in [0.15, 0.2) is 77.7 Å². The summed E-state index contributed by atoms with van der Waals surface area (Å²) in [5, 5.41) is 0. The number of alkyl halides is 3. The van der Waals surface area contributed by atoms with Crippen molar-refractivity contribution in [2.75, 3.05) is 9.62 Å². The Morgan fingerprint density at radius 1 is 0.906 bits per heavy atom. The summed E-state index contributed by atoms with van der Waals surface area (Å²) in [6.45, 7) is 0.406. The average molecular weight is 460 g/mol. The minimum Gasteiger partial charge on any atom is -0.308 e. The van der Waals surface area contributed by atoms with Crippen molar-refractivity contribution in [2.24, 2.45) is 0 Å². The molecule has 1 amide bonds. The van der Waals surface area contributed by atoms with Crippen LogP contribution in [0.5, 0.6) is 0 Å². The summed E-state index contributed by atoms with van der Waals surface area (Å²) in [6.07, 6.45) is -3.78. The number of sulfonamides is 1. The third-order valence-electron chi connectivity index (χ3n) is 5.21. The highest BCUT2D eigenvalue weighted by molar-refractivity contribution is 7.92. The molecule has 0 aliphatic carbocycles. The zero-order valence-electron chi connectivity index (χ0n) is 16.8. The summed E-state index contributed by atoms with van der Waals surface area (Å²) in [5.41, 5.74) is 1.85. The van der Waals surface area contributed by atoms with E-state index in [9.17, 15) is 26.4 Å². The third kappa shape index (κ3) is 4.62. The summed E-state index contributed by atoms with van der Waals surface area (Å²) in [7, 11) is -4.07. The summed E-state index contributed by atoms with van der Waals surface area (Å²) < 4.78 is 65.8. The molecular formula is C23H19F3N2O3S. The molecule has 9 heteroatoms. The first-order valence-electron chi connectivity index (χ1n) is 9.81. The van der Waals surface area contributed by atoms with Crippen LogP contribution in [0.2, 0.25) is 0 Å². The van der Waals surface area contributed by atoms with E-state index in [1.165, 1.54) is 6.07 Å². The first-order chi connectivity index (χ1) is 15.1. The highest BCUT2D eigenvalue weighted by Gasteiger charge is 2.31. The fraction of sp³-hybridized carbons (Fsp3) is 0.174.